The average Bonchev–Trinajstić information content (AvgIpc) is 2.17. The molecule has 0 radical (unpaired) electrons. The van der Waals surface area contributed by atoms with E-state index < -0.39 is 0 Å². The number of carbonyl (C=O) groups excluding carboxylic acids is 1. The van der Waals surface area contributed by atoms with Gasteiger partial charge >= 0.3 is 0 Å². The maximum absolute atomic E-state index is 11.9. The second kappa shape index (κ2) is 5.90. The molecular formula is C13H18ClNO. The number of nitrogens with one attached hydrogen (secondary N) is 1. The van der Waals surface area contributed by atoms with Gasteiger partial charge in [-0.25, -0.2) is 0 Å². The summed E-state index contributed by atoms with van der Waals surface area (Å²) in [7, 11) is 0. The van der Waals surface area contributed by atoms with Gasteiger partial charge in [0.1, 0.15) is 0 Å². The number of carbonyl (C=O) groups is 1. The zero-order valence-corrected chi connectivity index (χ0v) is 10.8. The van der Waals surface area contributed by atoms with Crippen molar-refractivity contribution in [2.45, 2.75) is 39.7 Å². The highest BCUT2D eigenvalue weighted by Crippen LogP contribution is 2.17. The van der Waals surface area contributed by atoms with E-state index in [9.17, 15) is 4.79 Å². The van der Waals surface area contributed by atoms with Crippen LogP contribution in [0.2, 0.25) is 5.02 Å². The molecule has 0 fully saturated rings. The van der Waals surface area contributed by atoms with Gasteiger partial charge in [0, 0.05) is 6.04 Å². The van der Waals surface area contributed by atoms with Crippen LogP contribution in [0.4, 0.5) is 0 Å². The average molecular weight is 240 g/mol. The van der Waals surface area contributed by atoms with Crippen molar-refractivity contribution in [3.05, 3.63) is 34.3 Å². The van der Waals surface area contributed by atoms with E-state index in [1.165, 1.54) is 0 Å². The van der Waals surface area contributed by atoms with Gasteiger partial charge in [0.15, 0.2) is 0 Å². The molecule has 88 valence electrons. The second-order valence-electron chi connectivity index (χ2n) is 4.15. The Balaban J connectivity index is 2.73. The normalized spacial score (nSPS) is 12.2. The van der Waals surface area contributed by atoms with Crippen molar-refractivity contribution in [1.82, 2.24) is 5.32 Å². The van der Waals surface area contributed by atoms with E-state index in [1.807, 2.05) is 19.9 Å². The standard InChI is InChI=1S/C13H18ClNO/c1-4-5-10(3)15-13(16)11-7-6-9(2)8-12(11)14/h6-8,10H,4-5H2,1-3H3,(H,15,16)/t10-/m1/s1. The number of aryl methyl sites for hydroxylation is 1. The fraction of sp³-hybridized carbons (Fsp3) is 0.462. The van der Waals surface area contributed by atoms with Crippen LogP contribution in [0.5, 0.6) is 0 Å². The van der Waals surface area contributed by atoms with Crippen molar-refractivity contribution >= 4 is 17.5 Å². The molecule has 0 unspecified atom stereocenters. The Morgan fingerprint density at radius 2 is 2.19 bits per heavy atom. The van der Waals surface area contributed by atoms with Crippen LogP contribution < -0.4 is 5.32 Å². The summed E-state index contributed by atoms with van der Waals surface area (Å²) in [6.07, 6.45) is 2.04. The minimum absolute atomic E-state index is 0.0917. The van der Waals surface area contributed by atoms with E-state index in [1.54, 1.807) is 12.1 Å². The quantitative estimate of drug-likeness (QED) is 0.855. The Morgan fingerprint density at radius 3 is 2.75 bits per heavy atom. The monoisotopic (exact) mass is 239 g/mol. The van der Waals surface area contributed by atoms with Gasteiger partial charge < -0.3 is 5.32 Å². The molecule has 0 aliphatic carbocycles. The smallest absolute Gasteiger partial charge is 0.252 e. The van der Waals surface area contributed by atoms with Crippen LogP contribution >= 0.6 is 11.6 Å². The number of amides is 1. The lowest BCUT2D eigenvalue weighted by Crippen LogP contribution is -2.32. The highest BCUT2D eigenvalue weighted by atomic mass is 35.5. The maximum Gasteiger partial charge on any atom is 0.252 e. The van der Waals surface area contributed by atoms with Crippen molar-refractivity contribution in [2.24, 2.45) is 0 Å². The van der Waals surface area contributed by atoms with Gasteiger partial charge in [-0.05, 0) is 38.0 Å². The number of rotatable bonds is 4. The van der Waals surface area contributed by atoms with Gasteiger partial charge in [-0.15, -0.1) is 0 Å². The zero-order chi connectivity index (χ0) is 12.1. The summed E-state index contributed by atoms with van der Waals surface area (Å²) in [4.78, 5) is 11.9. The highest BCUT2D eigenvalue weighted by molar-refractivity contribution is 6.33. The summed E-state index contributed by atoms with van der Waals surface area (Å²) in [6, 6.07) is 5.66. The van der Waals surface area contributed by atoms with Gasteiger partial charge in [-0.2, -0.15) is 0 Å². The van der Waals surface area contributed by atoms with Crippen molar-refractivity contribution in [2.75, 3.05) is 0 Å². The molecule has 0 aliphatic heterocycles. The Hall–Kier alpha value is -1.02. The summed E-state index contributed by atoms with van der Waals surface area (Å²) in [5.41, 5.74) is 1.61. The van der Waals surface area contributed by atoms with E-state index in [4.69, 9.17) is 11.6 Å². The minimum atomic E-state index is -0.0917. The van der Waals surface area contributed by atoms with Crippen LogP contribution in [0.15, 0.2) is 18.2 Å². The van der Waals surface area contributed by atoms with Crippen LogP contribution in [-0.4, -0.2) is 11.9 Å². The Kier molecular flexibility index (Phi) is 4.81. The maximum atomic E-state index is 11.9. The summed E-state index contributed by atoms with van der Waals surface area (Å²) >= 11 is 6.02. The molecule has 0 aromatic heterocycles. The molecule has 0 bridgehead atoms. The topological polar surface area (TPSA) is 29.1 Å². The zero-order valence-electron chi connectivity index (χ0n) is 10.0. The summed E-state index contributed by atoms with van der Waals surface area (Å²) in [5.74, 6) is -0.0917. The third-order valence-corrected chi connectivity index (χ3v) is 2.78. The van der Waals surface area contributed by atoms with Crippen LogP contribution in [0.25, 0.3) is 0 Å². The lowest BCUT2D eigenvalue weighted by molar-refractivity contribution is 0.0938. The number of hydrogen-bond acceptors (Lipinski definition) is 1. The molecule has 1 amide bonds. The first-order valence-electron chi connectivity index (χ1n) is 5.61. The summed E-state index contributed by atoms with van der Waals surface area (Å²) < 4.78 is 0. The van der Waals surface area contributed by atoms with Crippen LogP contribution in [0, 0.1) is 6.92 Å². The van der Waals surface area contributed by atoms with E-state index in [-0.39, 0.29) is 11.9 Å². The fourth-order valence-corrected chi connectivity index (χ4v) is 1.93. The number of hydrogen-bond donors (Lipinski definition) is 1. The first kappa shape index (κ1) is 13.0. The minimum Gasteiger partial charge on any atom is -0.350 e. The first-order valence-corrected chi connectivity index (χ1v) is 5.99. The number of benzene rings is 1. The third-order valence-electron chi connectivity index (χ3n) is 2.47. The Bertz CT molecular complexity index is 376. The third kappa shape index (κ3) is 3.53. The molecule has 1 rings (SSSR count). The van der Waals surface area contributed by atoms with Crippen LogP contribution in [0.3, 0.4) is 0 Å². The van der Waals surface area contributed by atoms with E-state index in [2.05, 4.69) is 12.2 Å². The highest BCUT2D eigenvalue weighted by Gasteiger charge is 2.12. The van der Waals surface area contributed by atoms with Gasteiger partial charge in [-0.3, -0.25) is 4.79 Å². The van der Waals surface area contributed by atoms with Gasteiger partial charge in [0.2, 0.25) is 0 Å². The predicted octanol–water partition coefficient (Wildman–Crippen LogP) is 3.57. The Labute approximate surface area is 102 Å². The van der Waals surface area contributed by atoms with E-state index in [0.717, 1.165) is 18.4 Å². The SMILES string of the molecule is CCC[C@@H](C)NC(=O)c1ccc(C)cc1Cl. The Morgan fingerprint density at radius 1 is 1.50 bits per heavy atom. The molecule has 0 saturated carbocycles. The molecule has 3 heteroatoms. The molecule has 1 atom stereocenters. The molecular weight excluding hydrogens is 222 g/mol. The molecule has 0 spiro atoms. The van der Waals surface area contributed by atoms with Gasteiger partial charge in [-0.1, -0.05) is 31.0 Å². The second-order valence-corrected chi connectivity index (χ2v) is 4.55. The molecule has 16 heavy (non-hydrogen) atoms. The summed E-state index contributed by atoms with van der Waals surface area (Å²) in [5, 5.41) is 3.45. The molecule has 1 aromatic rings. The lowest BCUT2D eigenvalue weighted by atomic mass is 10.1. The van der Waals surface area contributed by atoms with Gasteiger partial charge in [0.05, 0.1) is 10.6 Å². The van der Waals surface area contributed by atoms with Crippen molar-refractivity contribution < 1.29 is 4.79 Å². The van der Waals surface area contributed by atoms with Crippen LogP contribution in [-0.2, 0) is 0 Å². The predicted molar refractivity (Wildman–Crippen MR) is 68.0 cm³/mol. The van der Waals surface area contributed by atoms with Crippen molar-refractivity contribution in [3.63, 3.8) is 0 Å². The largest absolute Gasteiger partial charge is 0.350 e. The van der Waals surface area contributed by atoms with E-state index >= 15 is 0 Å². The molecule has 0 heterocycles. The molecule has 1 N–H and O–H groups in total. The molecule has 1 aromatic carbocycles. The molecule has 0 saturated heterocycles. The number of halogens is 1. The first-order chi connectivity index (χ1) is 7.54. The fourth-order valence-electron chi connectivity index (χ4n) is 1.61. The molecule has 2 nitrogen and oxygen atoms in total. The van der Waals surface area contributed by atoms with Crippen LogP contribution in [0.1, 0.15) is 42.6 Å². The molecule has 0 aliphatic rings. The van der Waals surface area contributed by atoms with E-state index in [0.29, 0.717) is 10.6 Å². The van der Waals surface area contributed by atoms with Crippen molar-refractivity contribution in [3.8, 4) is 0 Å². The lowest BCUT2D eigenvalue weighted by Gasteiger charge is -2.13. The summed E-state index contributed by atoms with van der Waals surface area (Å²) in [6.45, 7) is 6.05. The van der Waals surface area contributed by atoms with Crippen molar-refractivity contribution in [1.29, 1.82) is 0 Å². The van der Waals surface area contributed by atoms with Gasteiger partial charge in [0.25, 0.3) is 5.91 Å².